The molecule has 0 aromatic heterocycles. The molecule has 29 heavy (non-hydrogen) atoms. The zero-order chi connectivity index (χ0) is 22.9. The van der Waals surface area contributed by atoms with E-state index in [1.807, 2.05) is 0 Å². The van der Waals surface area contributed by atoms with Crippen molar-refractivity contribution in [2.75, 3.05) is 0 Å². The Hall–Kier alpha value is 1.68. The van der Waals surface area contributed by atoms with Crippen LogP contribution < -0.4 is 0 Å². The second-order valence-electron chi connectivity index (χ2n) is 6.27. The monoisotopic (exact) mass is 546 g/mol. The van der Waals surface area contributed by atoms with E-state index in [1.54, 1.807) is 0 Å². The fourth-order valence-electron chi connectivity index (χ4n) is 1.91. The largest absolute Gasteiger partial charge is 2.00 e. The van der Waals surface area contributed by atoms with Crippen LogP contribution in [0.3, 0.4) is 0 Å². The van der Waals surface area contributed by atoms with Crippen molar-refractivity contribution >= 4 is 37.1 Å². The van der Waals surface area contributed by atoms with E-state index >= 15 is 0 Å². The first-order valence-corrected chi connectivity index (χ1v) is 15.3. The third-order valence-electron chi connectivity index (χ3n) is 3.21. The molecule has 0 bridgehead atoms. The van der Waals surface area contributed by atoms with Crippen LogP contribution in [-0.2, 0) is 43.1 Å². The second-order valence-corrected chi connectivity index (χ2v) is 11.3. The maximum atomic E-state index is 7.56. The molecule has 0 aliphatic rings. The van der Waals surface area contributed by atoms with Crippen LogP contribution in [0.2, 0.25) is 0 Å². The van der Waals surface area contributed by atoms with E-state index in [1.165, 1.54) is 77.0 Å². The molecule has 0 amide bonds. The summed E-state index contributed by atoms with van der Waals surface area (Å²) in [6, 6.07) is 0. The minimum absolute atomic E-state index is 0. The Labute approximate surface area is 202 Å². The van der Waals surface area contributed by atoms with Crippen LogP contribution in [0.15, 0.2) is 0 Å². The predicted octanol–water partition coefficient (Wildman–Crippen LogP) is 5.52. The van der Waals surface area contributed by atoms with Crippen LogP contribution in [0.5, 0.6) is 0 Å². The third-order valence-corrected chi connectivity index (χ3v) is 3.21. The molecule has 0 saturated heterocycles. The van der Waals surface area contributed by atoms with Gasteiger partial charge in [0.25, 0.3) is 0 Å². The van der Waals surface area contributed by atoms with Crippen LogP contribution in [0.25, 0.3) is 0 Å². The van der Waals surface area contributed by atoms with Gasteiger partial charge in [0.1, 0.15) is 0 Å². The Kier molecular flexibility index (Phi) is 45.0. The van der Waals surface area contributed by atoms with E-state index in [2.05, 4.69) is 51.3 Å². The Bertz CT molecular complexity index is 306. The summed E-state index contributed by atoms with van der Waals surface area (Å²) < 4.78 is 0. The van der Waals surface area contributed by atoms with Crippen molar-refractivity contribution in [3.8, 4) is 0 Å². The first kappa shape index (κ1) is 41.0. The zero-order valence-corrected chi connectivity index (χ0v) is 24.8. The molecule has 0 aliphatic heterocycles. The fraction of sp³-hybridized carbons (Fsp3) is 0.889. The van der Waals surface area contributed by atoms with Crippen LogP contribution in [0.1, 0.15) is 104 Å². The van der Waals surface area contributed by atoms with E-state index in [-0.39, 0.29) is 19.5 Å². The van der Waals surface area contributed by atoms with Gasteiger partial charge in [0.05, 0.1) is 0 Å². The minimum Gasteiger partial charge on any atom is -0.343 e. The number of unbranched alkanes of at least 4 members (excludes halogenated alkanes) is 12. The smallest absolute Gasteiger partial charge is 0.343 e. The summed E-state index contributed by atoms with van der Waals surface area (Å²) in [5.41, 5.74) is 0. The topological polar surface area (TPSA) is 121 Å². The zero-order valence-electron chi connectivity index (χ0n) is 18.4. The number of hydrogen-bond donors (Lipinski definition) is 6. The standard InChI is InChI=1S/2C9H19.2H3O3PS.Zn/c2*1-3-5-7-9-8-6-4-2;2*1-4(2,3)5;/h2*1,3-9H2,2H3;2*(H3,1,2,3,5);/q2*-1;;;+2. The second kappa shape index (κ2) is 31.9. The van der Waals surface area contributed by atoms with Gasteiger partial charge in [-0.2, -0.15) is 12.8 Å². The molecule has 0 radical (unpaired) electrons. The Morgan fingerprint density at radius 2 is 0.690 bits per heavy atom. The van der Waals surface area contributed by atoms with Gasteiger partial charge in [-0.3, -0.25) is 0 Å². The summed E-state index contributed by atoms with van der Waals surface area (Å²) >= 11 is 7.21. The SMILES string of the molecule is OP(O)(O)=S.OP(O)(O)=S.[CH2-]CCCCCCCC.[CH2-]CCCCCCCC.[Zn+2]. The molecule has 6 nitrogen and oxygen atoms in total. The first-order valence-electron chi connectivity index (χ1n) is 9.98. The van der Waals surface area contributed by atoms with E-state index in [0.29, 0.717) is 0 Å². The average molecular weight is 548 g/mol. The van der Waals surface area contributed by atoms with Crippen molar-refractivity contribution in [2.45, 2.75) is 104 Å². The van der Waals surface area contributed by atoms with Crippen molar-refractivity contribution in [3.63, 3.8) is 0 Å². The van der Waals surface area contributed by atoms with Gasteiger partial charge in [-0.15, -0.1) is 0 Å². The van der Waals surface area contributed by atoms with E-state index < -0.39 is 13.4 Å². The normalized spacial score (nSPS) is 10.3. The maximum Gasteiger partial charge on any atom is 2.00 e. The summed E-state index contributed by atoms with van der Waals surface area (Å²) in [7, 11) is 0. The first-order chi connectivity index (χ1) is 12.8. The molecule has 0 aromatic rings. The van der Waals surface area contributed by atoms with Crippen LogP contribution >= 0.6 is 13.4 Å². The maximum absolute atomic E-state index is 7.56. The van der Waals surface area contributed by atoms with Crippen molar-refractivity contribution in [1.29, 1.82) is 0 Å². The van der Waals surface area contributed by atoms with Crippen molar-refractivity contribution in [2.24, 2.45) is 0 Å². The number of hydrogen-bond acceptors (Lipinski definition) is 2. The van der Waals surface area contributed by atoms with Crippen LogP contribution in [0, 0.1) is 13.8 Å². The predicted molar refractivity (Wildman–Crippen MR) is 129 cm³/mol. The van der Waals surface area contributed by atoms with Crippen LogP contribution in [-0.4, -0.2) is 29.4 Å². The number of rotatable bonds is 12. The molecule has 0 unspecified atom stereocenters. The summed E-state index contributed by atoms with van der Waals surface area (Å²) in [6.07, 6.45) is 18.9. The van der Waals surface area contributed by atoms with Crippen molar-refractivity contribution in [3.05, 3.63) is 13.8 Å². The van der Waals surface area contributed by atoms with Gasteiger partial charge in [-0.05, 0) is 23.6 Å². The van der Waals surface area contributed by atoms with Gasteiger partial charge >= 0.3 is 32.9 Å². The van der Waals surface area contributed by atoms with Gasteiger partial charge in [0.2, 0.25) is 0 Å². The van der Waals surface area contributed by atoms with Crippen molar-refractivity contribution in [1.82, 2.24) is 0 Å². The van der Waals surface area contributed by atoms with Gasteiger partial charge in [0, 0.05) is 0 Å². The summed E-state index contributed by atoms with van der Waals surface area (Å²) in [4.78, 5) is 45.3. The van der Waals surface area contributed by atoms with Gasteiger partial charge in [0.15, 0.2) is 0 Å². The molecule has 6 N–H and O–H groups in total. The van der Waals surface area contributed by atoms with E-state index in [0.717, 1.165) is 12.8 Å². The molecule has 0 spiro atoms. The average Bonchev–Trinajstić information content (AvgIpc) is 2.52. The summed E-state index contributed by atoms with van der Waals surface area (Å²) in [5.74, 6) is 0. The molecular formula is C18H44O6P2S2Zn. The van der Waals surface area contributed by atoms with Crippen LogP contribution in [0.4, 0.5) is 0 Å². The minimum atomic E-state index is -3.81. The molecule has 0 heterocycles. The summed E-state index contributed by atoms with van der Waals surface area (Å²) in [6.45, 7) is 4.50. The Balaban J connectivity index is -0.0000000907. The molecule has 0 aromatic carbocycles. The summed E-state index contributed by atoms with van der Waals surface area (Å²) in [5, 5.41) is 0. The molecule has 0 atom stereocenters. The van der Waals surface area contributed by atoms with Gasteiger partial charge in [-0.1, -0.05) is 90.9 Å². The molecule has 0 rings (SSSR count). The molecule has 11 heteroatoms. The van der Waals surface area contributed by atoms with E-state index in [4.69, 9.17) is 29.4 Å². The van der Waals surface area contributed by atoms with E-state index in [9.17, 15) is 0 Å². The molecule has 176 valence electrons. The van der Waals surface area contributed by atoms with Crippen molar-refractivity contribution < 1.29 is 48.8 Å². The Morgan fingerprint density at radius 3 is 0.862 bits per heavy atom. The molecule has 0 saturated carbocycles. The fourth-order valence-corrected chi connectivity index (χ4v) is 1.91. The molecule has 0 fully saturated rings. The molecular weight excluding hydrogens is 504 g/mol. The van der Waals surface area contributed by atoms with Gasteiger partial charge in [-0.25, -0.2) is 0 Å². The molecule has 0 aliphatic carbocycles. The van der Waals surface area contributed by atoms with Gasteiger partial charge < -0.3 is 43.2 Å². The third kappa shape index (κ3) is 121. The Morgan fingerprint density at radius 1 is 0.517 bits per heavy atom. The quantitative estimate of drug-likeness (QED) is 0.0818.